The van der Waals surface area contributed by atoms with Crippen LogP contribution in [0.5, 0.6) is 0 Å². The largest absolute Gasteiger partial charge is 0.669 e. The van der Waals surface area contributed by atoms with Crippen molar-refractivity contribution in [3.05, 3.63) is 167 Å². The summed E-state index contributed by atoms with van der Waals surface area (Å²) < 4.78 is 107. The van der Waals surface area contributed by atoms with E-state index in [0.717, 1.165) is 67.2 Å². The highest BCUT2D eigenvalue weighted by atomic mass is 28.5. The van der Waals surface area contributed by atoms with Gasteiger partial charge in [-0.15, -0.1) is 6.58 Å². The first-order chi connectivity index (χ1) is 46.9. The Morgan fingerprint density at radius 2 is 0.708 bits per heavy atom. The standard InChI is InChI=1S/C31H49NO10Si4.C27H31NO2.C9H28O9Si4.8CH4/c1-34-45(35-2,36-3)41-43(7,8)40-44(9,42-46(37-4,38-5)39-6)25-19-11-10-18-24-30(33)29(26-32)31(27-20-14-12-15-21-27)28-22-16-13-17-23-28;1-2-3-4-5-6-7-8-9-16-21-30-27(29)25(22-28)26(23-17-12-10-13-18-23)24-19-14-11-15-20-24;1-10-21(11-2,12-3)17-19(7)16-20(8,9)18-22(13-4,14-5)15-6;;;;;;;;/h12-17,20-23H,10-11,18-19,24-25H2,1-9H3;2,10-15,17-20H,1,3-9,16,21H2;19H,1-9H3;8*1H4. The molecule has 106 heavy (non-hydrogen) atoms. The Balaban J connectivity index is -0.000000285. The number of allylic oxidation sites excluding steroid dienone is 2. The molecule has 0 fully saturated rings. The molecule has 2 atom stereocenters. The molecule has 0 heterocycles. The van der Waals surface area contributed by atoms with Gasteiger partial charge in [-0.3, -0.25) is 4.79 Å². The number of hydrogen-bond acceptors (Lipinski definition) is 23. The molecule has 2 unspecified atom stereocenters. The summed E-state index contributed by atoms with van der Waals surface area (Å²) in [6.07, 6.45) is 14.2. The average molecular weight is 1630 g/mol. The van der Waals surface area contributed by atoms with E-state index in [4.69, 9.17) is 82.5 Å². The number of benzene rings is 4. The zero-order chi connectivity index (χ0) is 73.2. The smallest absolute Gasteiger partial charge is 0.462 e. The third-order valence-electron chi connectivity index (χ3n) is 14.8. The second kappa shape index (κ2) is 61.0. The number of carbonyl (C=O) groups excluding carboxylic acids is 2. The molecule has 0 spiro atoms. The van der Waals surface area contributed by atoms with Crippen LogP contribution in [0.25, 0.3) is 11.1 Å². The maximum atomic E-state index is 13.4. The Labute approximate surface area is 652 Å². The number of ether oxygens (including phenoxy) is 1. The number of Topliss-reactive ketones (excluding diaryl/α,β-unsaturated/α-hetero) is 1. The number of esters is 1. The first kappa shape index (κ1) is 115. The number of carbonyl (C=O) groups is 2. The molecule has 608 valence electrons. The van der Waals surface area contributed by atoms with E-state index < -0.39 is 77.1 Å². The molecule has 0 bridgehead atoms. The molecule has 4 aromatic rings. The van der Waals surface area contributed by atoms with Gasteiger partial charge in [0.2, 0.25) is 0 Å². The summed E-state index contributed by atoms with van der Waals surface area (Å²) >= 11 is 0. The molecule has 0 aromatic heterocycles. The van der Waals surface area contributed by atoms with Crippen molar-refractivity contribution in [2.75, 3.05) is 91.9 Å². The Bertz CT molecular complexity index is 2930. The molecule has 4 rings (SSSR count). The summed E-state index contributed by atoms with van der Waals surface area (Å²) in [5, 5.41) is 19.8. The van der Waals surface area contributed by atoms with Crippen LogP contribution in [0.2, 0.25) is 45.3 Å². The summed E-state index contributed by atoms with van der Waals surface area (Å²) in [4.78, 5) is 26.1. The van der Waals surface area contributed by atoms with Crippen LogP contribution >= 0.6 is 0 Å². The summed E-state index contributed by atoms with van der Waals surface area (Å²) in [6, 6.07) is 43.0. The maximum absolute atomic E-state index is 13.4. The minimum Gasteiger partial charge on any atom is -0.462 e. The molecule has 0 saturated heterocycles. The van der Waals surface area contributed by atoms with E-state index in [1.807, 2.05) is 167 Å². The van der Waals surface area contributed by atoms with Gasteiger partial charge in [-0.05, 0) is 93.3 Å². The van der Waals surface area contributed by atoms with Crippen molar-refractivity contribution in [2.24, 2.45) is 0 Å². The Kier molecular flexibility index (Phi) is 65.9. The van der Waals surface area contributed by atoms with E-state index in [-0.39, 0.29) is 82.8 Å². The van der Waals surface area contributed by atoms with Gasteiger partial charge in [0.25, 0.3) is 0 Å². The van der Waals surface area contributed by atoms with Gasteiger partial charge in [-0.2, -0.15) is 10.5 Å². The van der Waals surface area contributed by atoms with Crippen molar-refractivity contribution >= 4 is 94.1 Å². The quantitative estimate of drug-likeness (QED) is 0.00994. The van der Waals surface area contributed by atoms with Crippen LogP contribution in [-0.2, 0) is 92.1 Å². The number of rotatable bonds is 47. The van der Waals surface area contributed by atoms with Crippen LogP contribution in [0.3, 0.4) is 0 Å². The molecular weight excluding hydrogens is 1490 g/mol. The van der Waals surface area contributed by atoms with Gasteiger partial charge < -0.3 is 82.5 Å². The fraction of sp³-hybridized carbons (Fsp3) is 0.547. The van der Waals surface area contributed by atoms with Crippen molar-refractivity contribution in [3.8, 4) is 12.1 Å². The van der Waals surface area contributed by atoms with Gasteiger partial charge in [0.15, 0.2) is 5.78 Å². The third-order valence-corrected chi connectivity index (χ3v) is 40.5. The van der Waals surface area contributed by atoms with Crippen molar-refractivity contribution in [1.29, 1.82) is 10.5 Å². The molecule has 0 radical (unpaired) electrons. The lowest BCUT2D eigenvalue weighted by molar-refractivity contribution is -0.138. The molecule has 0 N–H and O–H groups in total. The number of unbranched alkanes of at least 4 members (excludes halogenated alkanes) is 10. The highest BCUT2D eigenvalue weighted by Gasteiger charge is 2.56. The highest BCUT2D eigenvalue weighted by Crippen LogP contribution is 2.33. The van der Waals surface area contributed by atoms with Crippen molar-refractivity contribution < 1.29 is 92.1 Å². The van der Waals surface area contributed by atoms with Crippen LogP contribution in [0.15, 0.2) is 145 Å². The summed E-state index contributed by atoms with van der Waals surface area (Å²) in [6.45, 7) is 15.3. The summed E-state index contributed by atoms with van der Waals surface area (Å²) in [7, 11) is -6.29. The van der Waals surface area contributed by atoms with Gasteiger partial charge in [-0.1, -0.05) is 238 Å². The average Bonchev–Trinajstić information content (AvgIpc) is 0.821. The lowest BCUT2D eigenvalue weighted by atomic mass is 9.90. The number of ketones is 1. The lowest BCUT2D eigenvalue weighted by Crippen LogP contribution is -2.62. The van der Waals surface area contributed by atoms with Crippen molar-refractivity contribution in [3.63, 3.8) is 0 Å². The van der Waals surface area contributed by atoms with E-state index in [2.05, 4.69) is 18.7 Å². The van der Waals surface area contributed by atoms with Crippen LogP contribution < -0.4 is 0 Å². The van der Waals surface area contributed by atoms with Gasteiger partial charge in [-0.25, -0.2) is 4.79 Å². The van der Waals surface area contributed by atoms with Crippen molar-refractivity contribution in [2.45, 2.75) is 188 Å². The molecular formula is C75H140N2O21Si8. The first-order valence-electron chi connectivity index (χ1n) is 32.5. The van der Waals surface area contributed by atoms with Crippen molar-refractivity contribution in [1.82, 2.24) is 0 Å². The number of nitriles is 2. The van der Waals surface area contributed by atoms with Crippen LogP contribution in [-0.4, -0.2) is 175 Å². The Morgan fingerprint density at radius 3 is 1.06 bits per heavy atom. The second-order valence-electron chi connectivity index (χ2n) is 22.8. The van der Waals surface area contributed by atoms with E-state index in [1.54, 1.807) is 0 Å². The Morgan fingerprint density at radius 1 is 0.396 bits per heavy atom. The lowest BCUT2D eigenvalue weighted by Gasteiger charge is -2.40. The SMILES string of the molecule is C.C.C.C.C.C.C.C.C=CCCCCCCCCCOC(=O)C(C#N)=C(c1ccccc1)c1ccccc1.CO[Si](OC)(OC)O[SiH](C)O[Si](C)(C)O[Si](OC)(OC)OC.CO[Si](OC)(OC)O[Si](C)(C)O[Si](C)(CCCCCCC(=O)C(C#N)=C(c1ccccc1)c1ccccc1)O[Si](OC)(OC)OC. The van der Waals surface area contributed by atoms with E-state index in [1.165, 1.54) is 111 Å². The fourth-order valence-electron chi connectivity index (χ4n) is 10.2. The maximum Gasteiger partial charge on any atom is 0.669 e. The topological polar surface area (TPSA) is 257 Å². The zero-order valence-electron chi connectivity index (χ0n) is 61.0. The van der Waals surface area contributed by atoms with Gasteiger partial charge >= 0.3 is 77.1 Å². The molecule has 0 aliphatic heterocycles. The normalized spacial score (nSPS) is 11.9. The minimum absolute atomic E-state index is 0. The third kappa shape index (κ3) is 39.7. The first-order valence-corrected chi connectivity index (χ1v) is 49.2. The molecule has 0 aliphatic rings. The van der Waals surface area contributed by atoms with Gasteiger partial charge in [0.1, 0.15) is 23.3 Å². The molecule has 23 nitrogen and oxygen atoms in total. The number of hydrogen-bond donors (Lipinski definition) is 0. The number of nitrogens with zero attached hydrogens (tertiary/aromatic N) is 2. The second-order valence-corrected chi connectivity index (χ2v) is 46.4. The molecule has 0 aliphatic carbocycles. The van der Waals surface area contributed by atoms with Crippen LogP contribution in [0.4, 0.5) is 0 Å². The summed E-state index contributed by atoms with van der Waals surface area (Å²) in [5.74, 6) is -0.719. The monoisotopic (exact) mass is 1630 g/mol. The molecule has 4 aromatic carbocycles. The molecule has 31 heteroatoms. The Hall–Kier alpha value is -4.76. The highest BCUT2D eigenvalue weighted by molar-refractivity contribution is 6.85. The van der Waals surface area contributed by atoms with Gasteiger partial charge in [0, 0.05) is 103 Å². The van der Waals surface area contributed by atoms with Crippen LogP contribution in [0, 0.1) is 22.7 Å². The van der Waals surface area contributed by atoms with E-state index in [0.29, 0.717) is 30.2 Å². The molecule has 0 saturated carbocycles. The van der Waals surface area contributed by atoms with Crippen LogP contribution in [0.1, 0.15) is 165 Å². The van der Waals surface area contributed by atoms with Gasteiger partial charge in [0.05, 0.1) is 6.61 Å². The predicted octanol–water partition coefficient (Wildman–Crippen LogP) is 18.4. The predicted molar refractivity (Wildman–Crippen MR) is 447 cm³/mol. The zero-order valence-corrected chi connectivity index (χ0v) is 69.1. The van der Waals surface area contributed by atoms with E-state index >= 15 is 0 Å². The minimum atomic E-state index is -3.47. The molecule has 0 amide bonds. The van der Waals surface area contributed by atoms with E-state index in [9.17, 15) is 20.1 Å². The fourth-order valence-corrected chi connectivity index (χ4v) is 36.3. The summed E-state index contributed by atoms with van der Waals surface area (Å²) in [5.41, 5.74) is 4.82.